The SMILES string of the molecule is CCOc1cccc(CO)c1OCC(C)C. The van der Waals surface area contributed by atoms with Crippen molar-refractivity contribution in [2.45, 2.75) is 27.4 Å². The van der Waals surface area contributed by atoms with Crippen molar-refractivity contribution in [2.24, 2.45) is 5.92 Å². The van der Waals surface area contributed by atoms with Gasteiger partial charge in [-0.2, -0.15) is 0 Å². The summed E-state index contributed by atoms with van der Waals surface area (Å²) in [6, 6.07) is 5.56. The maximum Gasteiger partial charge on any atom is 0.166 e. The van der Waals surface area contributed by atoms with Crippen LogP contribution < -0.4 is 9.47 Å². The molecule has 1 aromatic rings. The van der Waals surface area contributed by atoms with Gasteiger partial charge in [-0.1, -0.05) is 26.0 Å². The van der Waals surface area contributed by atoms with Gasteiger partial charge in [0, 0.05) is 5.56 Å². The molecule has 0 aromatic heterocycles. The first-order valence-electron chi connectivity index (χ1n) is 5.67. The lowest BCUT2D eigenvalue weighted by atomic mass is 10.2. The van der Waals surface area contributed by atoms with Crippen molar-refractivity contribution in [2.75, 3.05) is 13.2 Å². The molecular weight excluding hydrogens is 204 g/mol. The first kappa shape index (κ1) is 12.8. The van der Waals surface area contributed by atoms with E-state index >= 15 is 0 Å². The Morgan fingerprint density at radius 1 is 1.25 bits per heavy atom. The largest absolute Gasteiger partial charge is 0.490 e. The van der Waals surface area contributed by atoms with E-state index in [0.717, 1.165) is 5.56 Å². The highest BCUT2D eigenvalue weighted by atomic mass is 16.5. The van der Waals surface area contributed by atoms with Crippen molar-refractivity contribution in [3.8, 4) is 11.5 Å². The molecule has 0 aliphatic rings. The molecule has 0 bridgehead atoms. The molecule has 0 aliphatic heterocycles. The van der Waals surface area contributed by atoms with Crippen LogP contribution in [0.3, 0.4) is 0 Å². The fourth-order valence-electron chi connectivity index (χ4n) is 1.37. The topological polar surface area (TPSA) is 38.7 Å². The van der Waals surface area contributed by atoms with Gasteiger partial charge in [-0.25, -0.2) is 0 Å². The Hall–Kier alpha value is -1.22. The lowest BCUT2D eigenvalue weighted by Gasteiger charge is -2.16. The van der Waals surface area contributed by atoms with Crippen LogP contribution >= 0.6 is 0 Å². The molecule has 0 heterocycles. The maximum absolute atomic E-state index is 9.24. The van der Waals surface area contributed by atoms with Gasteiger partial charge in [0.1, 0.15) is 0 Å². The zero-order valence-electron chi connectivity index (χ0n) is 10.2. The Morgan fingerprint density at radius 2 is 2.00 bits per heavy atom. The van der Waals surface area contributed by atoms with E-state index in [1.165, 1.54) is 0 Å². The number of para-hydroxylation sites is 1. The standard InChI is InChI=1S/C13H20O3/c1-4-15-12-7-5-6-11(8-14)13(12)16-9-10(2)3/h5-7,10,14H,4,8-9H2,1-3H3. The normalized spacial score (nSPS) is 10.6. The summed E-state index contributed by atoms with van der Waals surface area (Å²) in [6.45, 7) is 7.28. The molecule has 0 amide bonds. The van der Waals surface area contributed by atoms with Gasteiger partial charge in [-0.15, -0.1) is 0 Å². The molecule has 0 fully saturated rings. The number of rotatable bonds is 6. The van der Waals surface area contributed by atoms with Crippen molar-refractivity contribution >= 4 is 0 Å². The number of aliphatic hydroxyl groups excluding tert-OH is 1. The average molecular weight is 224 g/mol. The van der Waals surface area contributed by atoms with Crippen molar-refractivity contribution in [3.63, 3.8) is 0 Å². The van der Waals surface area contributed by atoms with Gasteiger partial charge in [-0.3, -0.25) is 0 Å². The molecular formula is C13H20O3. The third-order valence-electron chi connectivity index (χ3n) is 2.09. The van der Waals surface area contributed by atoms with Gasteiger partial charge in [0.25, 0.3) is 0 Å². The van der Waals surface area contributed by atoms with E-state index in [4.69, 9.17) is 9.47 Å². The van der Waals surface area contributed by atoms with E-state index in [1.807, 2.05) is 25.1 Å². The molecule has 3 heteroatoms. The van der Waals surface area contributed by atoms with Crippen LogP contribution in [0.15, 0.2) is 18.2 Å². The van der Waals surface area contributed by atoms with Gasteiger partial charge in [0.05, 0.1) is 19.8 Å². The molecule has 0 saturated heterocycles. The van der Waals surface area contributed by atoms with E-state index in [2.05, 4.69) is 13.8 Å². The second-order valence-electron chi connectivity index (χ2n) is 4.04. The summed E-state index contributed by atoms with van der Waals surface area (Å²) < 4.78 is 11.2. The molecule has 1 rings (SSSR count). The minimum Gasteiger partial charge on any atom is -0.490 e. The lowest BCUT2D eigenvalue weighted by molar-refractivity contribution is 0.230. The average Bonchev–Trinajstić information content (AvgIpc) is 2.27. The summed E-state index contributed by atoms with van der Waals surface area (Å²) in [5.41, 5.74) is 0.770. The van der Waals surface area contributed by atoms with Crippen LogP contribution in [0.2, 0.25) is 0 Å². The predicted octanol–water partition coefficient (Wildman–Crippen LogP) is 2.61. The second kappa shape index (κ2) is 6.38. The summed E-state index contributed by atoms with van der Waals surface area (Å²) in [7, 11) is 0. The third-order valence-corrected chi connectivity index (χ3v) is 2.09. The predicted molar refractivity (Wildman–Crippen MR) is 63.9 cm³/mol. The van der Waals surface area contributed by atoms with E-state index in [0.29, 0.717) is 30.6 Å². The van der Waals surface area contributed by atoms with Gasteiger partial charge < -0.3 is 14.6 Å². The molecule has 0 aliphatic carbocycles. The second-order valence-corrected chi connectivity index (χ2v) is 4.04. The Balaban J connectivity index is 2.90. The van der Waals surface area contributed by atoms with E-state index in [1.54, 1.807) is 0 Å². The van der Waals surface area contributed by atoms with Crippen LogP contribution in [0.5, 0.6) is 11.5 Å². The molecule has 16 heavy (non-hydrogen) atoms. The van der Waals surface area contributed by atoms with Crippen molar-refractivity contribution < 1.29 is 14.6 Å². The number of ether oxygens (including phenoxy) is 2. The van der Waals surface area contributed by atoms with Crippen LogP contribution in [0, 0.1) is 5.92 Å². The number of benzene rings is 1. The van der Waals surface area contributed by atoms with E-state index < -0.39 is 0 Å². The fourth-order valence-corrected chi connectivity index (χ4v) is 1.37. The molecule has 90 valence electrons. The van der Waals surface area contributed by atoms with Gasteiger partial charge in [0.2, 0.25) is 0 Å². The van der Waals surface area contributed by atoms with E-state index in [-0.39, 0.29) is 6.61 Å². The quantitative estimate of drug-likeness (QED) is 0.807. The molecule has 0 saturated carbocycles. The molecule has 0 spiro atoms. The number of hydrogen-bond donors (Lipinski definition) is 1. The highest BCUT2D eigenvalue weighted by Crippen LogP contribution is 2.31. The molecule has 0 radical (unpaired) electrons. The molecule has 1 aromatic carbocycles. The van der Waals surface area contributed by atoms with Crippen LogP contribution in [-0.2, 0) is 6.61 Å². The summed E-state index contributed by atoms with van der Waals surface area (Å²) in [4.78, 5) is 0. The van der Waals surface area contributed by atoms with Crippen LogP contribution in [-0.4, -0.2) is 18.3 Å². The Morgan fingerprint density at radius 3 is 2.56 bits per heavy atom. The summed E-state index contributed by atoms with van der Waals surface area (Å²) in [5, 5.41) is 9.24. The van der Waals surface area contributed by atoms with Crippen molar-refractivity contribution in [3.05, 3.63) is 23.8 Å². The molecule has 3 nitrogen and oxygen atoms in total. The van der Waals surface area contributed by atoms with Crippen molar-refractivity contribution in [1.29, 1.82) is 0 Å². The minimum atomic E-state index is -0.0334. The third kappa shape index (κ3) is 3.42. The Kier molecular flexibility index (Phi) is 5.12. The Bertz CT molecular complexity index is 321. The smallest absolute Gasteiger partial charge is 0.166 e. The first-order chi connectivity index (χ1) is 7.69. The van der Waals surface area contributed by atoms with E-state index in [9.17, 15) is 5.11 Å². The highest BCUT2D eigenvalue weighted by molar-refractivity contribution is 5.46. The number of aliphatic hydroxyl groups is 1. The highest BCUT2D eigenvalue weighted by Gasteiger charge is 2.10. The van der Waals surface area contributed by atoms with Gasteiger partial charge >= 0.3 is 0 Å². The number of hydrogen-bond acceptors (Lipinski definition) is 3. The maximum atomic E-state index is 9.24. The fraction of sp³-hybridized carbons (Fsp3) is 0.538. The molecule has 0 unspecified atom stereocenters. The van der Waals surface area contributed by atoms with Gasteiger partial charge in [-0.05, 0) is 18.9 Å². The monoisotopic (exact) mass is 224 g/mol. The van der Waals surface area contributed by atoms with Crippen LogP contribution in [0.25, 0.3) is 0 Å². The zero-order chi connectivity index (χ0) is 12.0. The van der Waals surface area contributed by atoms with Crippen molar-refractivity contribution in [1.82, 2.24) is 0 Å². The lowest BCUT2D eigenvalue weighted by Crippen LogP contribution is -2.08. The summed E-state index contributed by atoms with van der Waals surface area (Å²) >= 11 is 0. The zero-order valence-corrected chi connectivity index (χ0v) is 10.2. The van der Waals surface area contributed by atoms with Crippen LogP contribution in [0.1, 0.15) is 26.3 Å². The Labute approximate surface area is 97.0 Å². The first-order valence-corrected chi connectivity index (χ1v) is 5.67. The van der Waals surface area contributed by atoms with Crippen LogP contribution in [0.4, 0.5) is 0 Å². The summed E-state index contributed by atoms with van der Waals surface area (Å²) in [5.74, 6) is 1.82. The summed E-state index contributed by atoms with van der Waals surface area (Å²) in [6.07, 6.45) is 0. The van der Waals surface area contributed by atoms with Gasteiger partial charge in [0.15, 0.2) is 11.5 Å². The minimum absolute atomic E-state index is 0.0334. The molecule has 1 N–H and O–H groups in total. The molecule has 0 atom stereocenters.